The zero-order valence-corrected chi connectivity index (χ0v) is 13.2. The number of hydrogen-bond acceptors (Lipinski definition) is 6. The molecule has 0 saturated heterocycles. The van der Waals surface area contributed by atoms with Crippen LogP contribution in [0.25, 0.3) is 10.7 Å². The SMILES string of the molecule is O=C(c1csc(-c2cnccn2)n1)N1CCOc2c(F)cccc21. The first-order valence-corrected chi connectivity index (χ1v) is 8.07. The van der Waals surface area contributed by atoms with Crippen molar-refractivity contribution in [1.82, 2.24) is 15.0 Å². The van der Waals surface area contributed by atoms with Crippen LogP contribution in [-0.2, 0) is 0 Å². The summed E-state index contributed by atoms with van der Waals surface area (Å²) in [5, 5.41) is 2.28. The van der Waals surface area contributed by atoms with Crippen molar-refractivity contribution in [2.45, 2.75) is 0 Å². The lowest BCUT2D eigenvalue weighted by molar-refractivity contribution is 0.0972. The van der Waals surface area contributed by atoms with Crippen LogP contribution in [0.4, 0.5) is 10.1 Å². The number of carbonyl (C=O) groups is 1. The molecule has 0 atom stereocenters. The topological polar surface area (TPSA) is 68.2 Å². The van der Waals surface area contributed by atoms with Crippen LogP contribution in [0.5, 0.6) is 5.75 Å². The lowest BCUT2D eigenvalue weighted by Crippen LogP contribution is -2.38. The summed E-state index contributed by atoms with van der Waals surface area (Å²) in [4.78, 5) is 26.8. The van der Waals surface area contributed by atoms with E-state index < -0.39 is 5.82 Å². The van der Waals surface area contributed by atoms with Gasteiger partial charge < -0.3 is 4.74 Å². The summed E-state index contributed by atoms with van der Waals surface area (Å²) in [7, 11) is 0. The molecule has 1 amide bonds. The van der Waals surface area contributed by atoms with E-state index in [1.54, 1.807) is 36.1 Å². The number of rotatable bonds is 2. The molecule has 24 heavy (non-hydrogen) atoms. The molecule has 0 radical (unpaired) electrons. The van der Waals surface area contributed by atoms with Gasteiger partial charge in [-0.1, -0.05) is 6.07 Å². The average Bonchev–Trinajstić information content (AvgIpc) is 3.12. The molecule has 4 rings (SSSR count). The van der Waals surface area contributed by atoms with Crippen LogP contribution in [0.1, 0.15) is 10.5 Å². The predicted molar refractivity (Wildman–Crippen MR) is 86.7 cm³/mol. The Kier molecular flexibility index (Phi) is 3.66. The molecule has 0 aliphatic carbocycles. The minimum absolute atomic E-state index is 0.0986. The minimum atomic E-state index is -0.483. The fraction of sp³-hybridized carbons (Fsp3) is 0.125. The van der Waals surface area contributed by atoms with E-state index in [0.29, 0.717) is 22.9 Å². The van der Waals surface area contributed by atoms with Crippen LogP contribution < -0.4 is 9.64 Å². The number of nitrogens with zero attached hydrogens (tertiary/aromatic N) is 4. The lowest BCUT2D eigenvalue weighted by Gasteiger charge is -2.29. The summed E-state index contributed by atoms with van der Waals surface area (Å²) in [5.41, 5.74) is 1.31. The lowest BCUT2D eigenvalue weighted by atomic mass is 10.2. The third-order valence-corrected chi connectivity index (χ3v) is 4.41. The zero-order valence-electron chi connectivity index (χ0n) is 12.3. The third kappa shape index (κ3) is 2.50. The van der Waals surface area contributed by atoms with E-state index in [-0.39, 0.29) is 24.0 Å². The summed E-state index contributed by atoms with van der Waals surface area (Å²) in [6.45, 7) is 0.577. The molecule has 6 nitrogen and oxygen atoms in total. The van der Waals surface area contributed by atoms with Crippen LogP contribution in [0.3, 0.4) is 0 Å². The molecule has 8 heteroatoms. The number of para-hydroxylation sites is 1. The Hall–Kier alpha value is -2.87. The standard InChI is InChI=1S/C16H11FN4O2S/c17-10-2-1-3-13-14(10)23-7-6-21(13)16(22)12-9-24-15(20-12)11-8-18-4-5-19-11/h1-5,8-9H,6-7H2. The first-order chi connectivity index (χ1) is 11.7. The molecule has 1 aromatic carbocycles. The van der Waals surface area contributed by atoms with E-state index >= 15 is 0 Å². The van der Waals surface area contributed by atoms with E-state index in [9.17, 15) is 9.18 Å². The van der Waals surface area contributed by atoms with Crippen molar-refractivity contribution in [3.8, 4) is 16.5 Å². The highest BCUT2D eigenvalue weighted by Crippen LogP contribution is 2.35. The molecule has 0 bridgehead atoms. The number of fused-ring (bicyclic) bond motifs is 1. The molecule has 0 N–H and O–H groups in total. The van der Waals surface area contributed by atoms with Gasteiger partial charge in [0.1, 0.15) is 23.0 Å². The number of hydrogen-bond donors (Lipinski definition) is 0. The number of aromatic nitrogens is 3. The maximum Gasteiger partial charge on any atom is 0.277 e. The molecule has 1 aliphatic heterocycles. The Morgan fingerprint density at radius 3 is 3.08 bits per heavy atom. The van der Waals surface area contributed by atoms with Crippen molar-refractivity contribution in [2.24, 2.45) is 0 Å². The maximum atomic E-state index is 13.8. The van der Waals surface area contributed by atoms with Gasteiger partial charge in [-0.3, -0.25) is 19.7 Å². The van der Waals surface area contributed by atoms with E-state index in [0.717, 1.165) is 0 Å². The molecule has 120 valence electrons. The van der Waals surface area contributed by atoms with Crippen molar-refractivity contribution < 1.29 is 13.9 Å². The van der Waals surface area contributed by atoms with Crippen molar-refractivity contribution in [3.63, 3.8) is 0 Å². The first kappa shape index (κ1) is 14.7. The number of amides is 1. The van der Waals surface area contributed by atoms with E-state index in [1.807, 2.05) is 0 Å². The molecular formula is C16H11FN4O2S. The van der Waals surface area contributed by atoms with Gasteiger partial charge in [0.05, 0.1) is 18.4 Å². The normalized spacial score (nSPS) is 13.3. The smallest absolute Gasteiger partial charge is 0.277 e. The summed E-state index contributed by atoms with van der Waals surface area (Å²) in [6.07, 6.45) is 4.73. The fourth-order valence-corrected chi connectivity index (χ4v) is 3.21. The second-order valence-corrected chi connectivity index (χ2v) is 5.88. The third-order valence-electron chi connectivity index (χ3n) is 3.55. The van der Waals surface area contributed by atoms with Gasteiger partial charge in [-0.25, -0.2) is 9.37 Å². The summed E-state index contributed by atoms with van der Waals surface area (Å²) < 4.78 is 19.2. The fourth-order valence-electron chi connectivity index (χ4n) is 2.46. The summed E-state index contributed by atoms with van der Waals surface area (Å²) in [5.74, 6) is -0.679. The van der Waals surface area contributed by atoms with Crippen LogP contribution in [0.2, 0.25) is 0 Å². The van der Waals surface area contributed by atoms with Gasteiger partial charge in [0.2, 0.25) is 0 Å². The summed E-state index contributed by atoms with van der Waals surface area (Å²) in [6, 6.07) is 4.52. The van der Waals surface area contributed by atoms with Crippen molar-refractivity contribution in [3.05, 3.63) is 53.7 Å². The Bertz CT molecular complexity index is 900. The van der Waals surface area contributed by atoms with Gasteiger partial charge in [0.25, 0.3) is 5.91 Å². The maximum absolute atomic E-state index is 13.8. The van der Waals surface area contributed by atoms with E-state index in [4.69, 9.17) is 4.74 Å². The van der Waals surface area contributed by atoms with E-state index in [2.05, 4.69) is 15.0 Å². The quantitative estimate of drug-likeness (QED) is 0.716. The summed E-state index contributed by atoms with van der Waals surface area (Å²) >= 11 is 1.31. The monoisotopic (exact) mass is 342 g/mol. The number of benzene rings is 1. The Balaban J connectivity index is 1.67. The minimum Gasteiger partial charge on any atom is -0.486 e. The molecule has 3 aromatic rings. The van der Waals surface area contributed by atoms with Gasteiger partial charge in [-0.15, -0.1) is 11.3 Å². The molecule has 0 fully saturated rings. The van der Waals surface area contributed by atoms with E-state index in [1.165, 1.54) is 22.3 Å². The number of thiazole rings is 1. The molecule has 0 unspecified atom stereocenters. The molecule has 2 aromatic heterocycles. The first-order valence-electron chi connectivity index (χ1n) is 7.19. The molecule has 0 saturated carbocycles. The number of ether oxygens (including phenoxy) is 1. The van der Waals surface area contributed by atoms with Gasteiger partial charge in [0, 0.05) is 17.8 Å². The highest BCUT2D eigenvalue weighted by Gasteiger charge is 2.28. The van der Waals surface area contributed by atoms with Crippen molar-refractivity contribution >= 4 is 22.9 Å². The highest BCUT2D eigenvalue weighted by atomic mass is 32.1. The number of halogens is 1. The molecule has 1 aliphatic rings. The number of anilines is 1. The van der Waals surface area contributed by atoms with Gasteiger partial charge >= 0.3 is 0 Å². The Labute approximate surface area is 140 Å². The van der Waals surface area contributed by atoms with Crippen molar-refractivity contribution in [1.29, 1.82) is 0 Å². The largest absolute Gasteiger partial charge is 0.486 e. The van der Waals surface area contributed by atoms with Gasteiger partial charge in [-0.05, 0) is 12.1 Å². The van der Waals surface area contributed by atoms with Crippen LogP contribution in [0.15, 0.2) is 42.2 Å². The van der Waals surface area contributed by atoms with Crippen LogP contribution >= 0.6 is 11.3 Å². The zero-order chi connectivity index (χ0) is 16.5. The second kappa shape index (κ2) is 5.97. The number of carbonyl (C=O) groups excluding carboxylic acids is 1. The average molecular weight is 342 g/mol. The molecular weight excluding hydrogens is 331 g/mol. The predicted octanol–water partition coefficient (Wildman–Crippen LogP) is 2.78. The highest BCUT2D eigenvalue weighted by molar-refractivity contribution is 7.13. The second-order valence-electron chi connectivity index (χ2n) is 5.02. The van der Waals surface area contributed by atoms with Crippen LogP contribution in [0, 0.1) is 5.82 Å². The molecule has 0 spiro atoms. The van der Waals surface area contributed by atoms with Gasteiger partial charge in [0.15, 0.2) is 11.6 Å². The van der Waals surface area contributed by atoms with Crippen LogP contribution in [-0.4, -0.2) is 34.0 Å². The Morgan fingerprint density at radius 1 is 1.33 bits per heavy atom. The Morgan fingerprint density at radius 2 is 2.25 bits per heavy atom. The van der Waals surface area contributed by atoms with Crippen molar-refractivity contribution in [2.75, 3.05) is 18.1 Å². The molecule has 3 heterocycles. The van der Waals surface area contributed by atoms with Gasteiger partial charge in [-0.2, -0.15) is 0 Å².